The van der Waals surface area contributed by atoms with Crippen LogP contribution in [0.15, 0.2) is 12.1 Å². The molecule has 0 saturated carbocycles. The van der Waals surface area contributed by atoms with Crippen LogP contribution in [0.25, 0.3) is 5.65 Å². The molecular formula is C17H27N5. The molecule has 2 aromatic heterocycles. The van der Waals surface area contributed by atoms with Gasteiger partial charge in [-0.1, -0.05) is 34.6 Å². The van der Waals surface area contributed by atoms with Gasteiger partial charge in [-0.3, -0.25) is 0 Å². The van der Waals surface area contributed by atoms with Gasteiger partial charge in [0.25, 0.3) is 0 Å². The van der Waals surface area contributed by atoms with Crippen molar-refractivity contribution in [3.63, 3.8) is 0 Å². The lowest BCUT2D eigenvalue weighted by molar-refractivity contribution is 0.441. The van der Waals surface area contributed by atoms with Gasteiger partial charge < -0.3 is 4.90 Å². The van der Waals surface area contributed by atoms with Gasteiger partial charge in [0.05, 0.1) is 0 Å². The van der Waals surface area contributed by atoms with Crippen LogP contribution in [0.1, 0.15) is 53.3 Å². The highest BCUT2D eigenvalue weighted by molar-refractivity contribution is 5.46. The number of hydrogen-bond donors (Lipinski definition) is 0. The van der Waals surface area contributed by atoms with Crippen molar-refractivity contribution in [1.29, 1.82) is 0 Å². The van der Waals surface area contributed by atoms with Gasteiger partial charge in [-0.2, -0.15) is 4.52 Å². The van der Waals surface area contributed by atoms with Crippen LogP contribution in [-0.2, 0) is 5.41 Å². The first kappa shape index (κ1) is 15.3. The second-order valence-electron chi connectivity index (χ2n) is 7.97. The van der Waals surface area contributed by atoms with Crippen molar-refractivity contribution in [2.45, 2.75) is 52.9 Å². The van der Waals surface area contributed by atoms with E-state index in [-0.39, 0.29) is 5.41 Å². The molecule has 0 bridgehead atoms. The maximum atomic E-state index is 4.81. The Balaban J connectivity index is 1.86. The number of rotatable bonds is 3. The van der Waals surface area contributed by atoms with Crippen LogP contribution in [0.5, 0.6) is 0 Å². The van der Waals surface area contributed by atoms with Crippen LogP contribution in [0.3, 0.4) is 0 Å². The molecule has 0 spiro atoms. The number of nitrogens with zero attached hydrogens (tertiary/aromatic N) is 5. The van der Waals surface area contributed by atoms with E-state index in [0.717, 1.165) is 42.2 Å². The topological polar surface area (TPSA) is 46.3 Å². The van der Waals surface area contributed by atoms with Crippen LogP contribution >= 0.6 is 0 Å². The zero-order chi connectivity index (χ0) is 15.9. The second kappa shape index (κ2) is 5.52. The summed E-state index contributed by atoms with van der Waals surface area (Å²) >= 11 is 0. The maximum Gasteiger partial charge on any atom is 0.178 e. The molecule has 1 unspecified atom stereocenters. The van der Waals surface area contributed by atoms with Crippen LogP contribution < -0.4 is 4.90 Å². The number of aromatic nitrogens is 4. The zero-order valence-electron chi connectivity index (χ0n) is 14.4. The Hall–Kier alpha value is -1.65. The quantitative estimate of drug-likeness (QED) is 0.872. The summed E-state index contributed by atoms with van der Waals surface area (Å²) in [4.78, 5) is 2.40. The first-order valence-electron chi connectivity index (χ1n) is 8.32. The van der Waals surface area contributed by atoms with E-state index in [9.17, 15) is 0 Å². The normalized spacial score (nSPS) is 19.5. The summed E-state index contributed by atoms with van der Waals surface area (Å²) in [6.07, 6.45) is 2.57. The van der Waals surface area contributed by atoms with Crippen LogP contribution in [0.4, 0.5) is 5.82 Å². The molecule has 22 heavy (non-hydrogen) atoms. The molecule has 0 aromatic carbocycles. The Morgan fingerprint density at radius 3 is 2.68 bits per heavy atom. The minimum absolute atomic E-state index is 0.0593. The summed E-state index contributed by atoms with van der Waals surface area (Å²) in [6.45, 7) is 13.3. The molecule has 1 saturated heterocycles. The van der Waals surface area contributed by atoms with Crippen molar-refractivity contribution >= 4 is 11.5 Å². The van der Waals surface area contributed by atoms with E-state index in [1.165, 1.54) is 12.8 Å². The average Bonchev–Trinajstić information content (AvgIpc) is 3.02. The summed E-state index contributed by atoms with van der Waals surface area (Å²) in [6, 6.07) is 4.11. The van der Waals surface area contributed by atoms with Crippen LogP contribution in [-0.4, -0.2) is 32.9 Å². The second-order valence-corrected chi connectivity index (χ2v) is 7.97. The fraction of sp³-hybridized carbons (Fsp3) is 0.706. The average molecular weight is 301 g/mol. The van der Waals surface area contributed by atoms with E-state index < -0.39 is 0 Å². The lowest BCUT2D eigenvalue weighted by atomic mass is 9.96. The Morgan fingerprint density at radius 2 is 2.00 bits per heavy atom. The van der Waals surface area contributed by atoms with Gasteiger partial charge in [0.15, 0.2) is 11.5 Å². The van der Waals surface area contributed by atoms with E-state index in [2.05, 4.69) is 55.8 Å². The third-order valence-corrected chi connectivity index (χ3v) is 4.33. The molecule has 1 aliphatic heterocycles. The molecule has 120 valence electrons. The minimum atomic E-state index is -0.0593. The Morgan fingerprint density at radius 1 is 1.23 bits per heavy atom. The predicted octanol–water partition coefficient (Wildman–Crippen LogP) is 3.29. The van der Waals surface area contributed by atoms with Crippen molar-refractivity contribution in [2.75, 3.05) is 18.0 Å². The molecule has 1 fully saturated rings. The molecule has 0 amide bonds. The third-order valence-electron chi connectivity index (χ3n) is 4.33. The SMILES string of the molecule is CC(C)CC1CCN(c2ccc3nnc(C(C)(C)C)n3n2)C1. The molecule has 5 heteroatoms. The fourth-order valence-electron chi connectivity index (χ4n) is 3.32. The van der Waals surface area contributed by atoms with Crippen molar-refractivity contribution in [1.82, 2.24) is 19.8 Å². The van der Waals surface area contributed by atoms with E-state index in [1.807, 2.05) is 10.6 Å². The molecule has 2 aromatic rings. The van der Waals surface area contributed by atoms with Gasteiger partial charge in [-0.05, 0) is 36.8 Å². The number of anilines is 1. The van der Waals surface area contributed by atoms with Crippen LogP contribution in [0.2, 0.25) is 0 Å². The third kappa shape index (κ3) is 2.94. The van der Waals surface area contributed by atoms with E-state index in [1.54, 1.807) is 0 Å². The molecule has 5 nitrogen and oxygen atoms in total. The largest absolute Gasteiger partial charge is 0.355 e. The first-order valence-corrected chi connectivity index (χ1v) is 8.32. The van der Waals surface area contributed by atoms with E-state index in [0.29, 0.717) is 0 Å². The van der Waals surface area contributed by atoms with Crippen molar-refractivity contribution in [3.8, 4) is 0 Å². The highest BCUT2D eigenvalue weighted by Crippen LogP contribution is 2.27. The van der Waals surface area contributed by atoms with Gasteiger partial charge in [0, 0.05) is 18.5 Å². The maximum absolute atomic E-state index is 4.81. The lowest BCUT2D eigenvalue weighted by Crippen LogP contribution is -2.23. The lowest BCUT2D eigenvalue weighted by Gasteiger charge is -2.19. The molecule has 3 heterocycles. The summed E-state index contributed by atoms with van der Waals surface area (Å²) in [7, 11) is 0. The van der Waals surface area contributed by atoms with E-state index in [4.69, 9.17) is 5.10 Å². The predicted molar refractivity (Wildman–Crippen MR) is 89.3 cm³/mol. The van der Waals surface area contributed by atoms with Gasteiger partial charge in [0.2, 0.25) is 0 Å². The van der Waals surface area contributed by atoms with Crippen molar-refractivity contribution in [2.24, 2.45) is 11.8 Å². The highest BCUT2D eigenvalue weighted by Gasteiger charge is 2.26. The summed E-state index contributed by atoms with van der Waals surface area (Å²) < 4.78 is 1.91. The Bertz CT molecular complexity index is 653. The summed E-state index contributed by atoms with van der Waals surface area (Å²) in [5, 5.41) is 13.4. The molecule has 1 atom stereocenters. The van der Waals surface area contributed by atoms with Crippen LogP contribution in [0, 0.1) is 11.8 Å². The van der Waals surface area contributed by atoms with Gasteiger partial charge in [0.1, 0.15) is 5.82 Å². The molecule has 0 N–H and O–H groups in total. The standard InChI is InChI=1S/C17H27N5/c1-12(2)10-13-8-9-21(11-13)15-7-6-14-18-19-16(17(3,4)5)22(14)20-15/h6-7,12-13H,8-11H2,1-5H3. The van der Waals surface area contributed by atoms with Crippen molar-refractivity contribution < 1.29 is 0 Å². The molecule has 0 radical (unpaired) electrons. The Kier molecular flexibility index (Phi) is 3.83. The summed E-state index contributed by atoms with van der Waals surface area (Å²) in [5.74, 6) is 3.53. The molecule has 1 aliphatic rings. The van der Waals surface area contributed by atoms with Gasteiger partial charge >= 0.3 is 0 Å². The monoisotopic (exact) mass is 301 g/mol. The smallest absolute Gasteiger partial charge is 0.178 e. The summed E-state index contributed by atoms with van der Waals surface area (Å²) in [5.41, 5.74) is 0.766. The van der Waals surface area contributed by atoms with Gasteiger partial charge in [-0.25, -0.2) is 0 Å². The zero-order valence-corrected chi connectivity index (χ0v) is 14.4. The molecule has 3 rings (SSSR count). The van der Waals surface area contributed by atoms with E-state index >= 15 is 0 Å². The van der Waals surface area contributed by atoms with Gasteiger partial charge in [-0.15, -0.1) is 15.3 Å². The van der Waals surface area contributed by atoms with Crippen molar-refractivity contribution in [3.05, 3.63) is 18.0 Å². The number of hydrogen-bond acceptors (Lipinski definition) is 4. The molecule has 0 aliphatic carbocycles. The molecular weight excluding hydrogens is 274 g/mol. The Labute approximate surface area is 132 Å². The number of fused-ring (bicyclic) bond motifs is 1. The fourth-order valence-corrected chi connectivity index (χ4v) is 3.32. The highest BCUT2D eigenvalue weighted by atomic mass is 15.4. The minimum Gasteiger partial charge on any atom is -0.355 e. The first-order chi connectivity index (χ1) is 10.3.